The molecule has 0 spiro atoms. The van der Waals surface area contributed by atoms with Gasteiger partial charge in [-0.15, -0.1) is 0 Å². The van der Waals surface area contributed by atoms with Crippen LogP contribution >= 0.6 is 11.6 Å². The van der Waals surface area contributed by atoms with Gasteiger partial charge in [-0.2, -0.15) is 0 Å². The predicted octanol–water partition coefficient (Wildman–Crippen LogP) is 2.84. The molecule has 0 saturated heterocycles. The average molecular weight is 256 g/mol. The van der Waals surface area contributed by atoms with Crippen molar-refractivity contribution >= 4 is 17.4 Å². The van der Waals surface area contributed by atoms with E-state index in [1.54, 1.807) is 7.11 Å². The lowest BCUT2D eigenvalue weighted by atomic mass is 9.89. The lowest BCUT2D eigenvalue weighted by Gasteiger charge is -2.35. The molecule has 1 aliphatic carbocycles. The zero-order chi connectivity index (χ0) is 12.4. The number of rotatable bonds is 4. The highest BCUT2D eigenvalue weighted by Crippen LogP contribution is 2.31. The zero-order valence-electron chi connectivity index (χ0n) is 10.4. The molecule has 2 rings (SSSR count). The van der Waals surface area contributed by atoms with E-state index in [1.165, 1.54) is 6.33 Å². The molecule has 0 bridgehead atoms. The molecule has 17 heavy (non-hydrogen) atoms. The van der Waals surface area contributed by atoms with Crippen LogP contribution in [0.2, 0.25) is 5.15 Å². The van der Waals surface area contributed by atoms with Gasteiger partial charge in [0.2, 0.25) is 0 Å². The van der Waals surface area contributed by atoms with E-state index in [-0.39, 0.29) is 0 Å². The molecule has 5 heteroatoms. The molecule has 0 unspecified atom stereocenters. The molecule has 0 atom stereocenters. The van der Waals surface area contributed by atoms with Crippen LogP contribution in [0.4, 0.5) is 5.82 Å². The second-order valence-electron chi connectivity index (χ2n) is 4.75. The Morgan fingerprint density at radius 3 is 2.71 bits per heavy atom. The summed E-state index contributed by atoms with van der Waals surface area (Å²) in [6, 6.07) is 0.434. The van der Waals surface area contributed by atoms with Crippen molar-refractivity contribution in [3.8, 4) is 0 Å². The third kappa shape index (κ3) is 2.69. The third-order valence-electron chi connectivity index (χ3n) is 3.18. The zero-order valence-corrected chi connectivity index (χ0v) is 11.2. The molecule has 1 aromatic rings. The Balaban J connectivity index is 2.08. The van der Waals surface area contributed by atoms with Gasteiger partial charge in [0, 0.05) is 18.7 Å². The first kappa shape index (κ1) is 12.6. The first-order valence-electron chi connectivity index (χ1n) is 5.91. The molecule has 0 radical (unpaired) electrons. The van der Waals surface area contributed by atoms with Gasteiger partial charge in [0.05, 0.1) is 6.10 Å². The number of aromatic nitrogens is 2. The Morgan fingerprint density at radius 1 is 1.41 bits per heavy atom. The summed E-state index contributed by atoms with van der Waals surface area (Å²) in [5.41, 5.74) is 0.995. The maximum Gasteiger partial charge on any atom is 0.138 e. The minimum Gasteiger partial charge on any atom is -0.381 e. The molecule has 1 N–H and O–H groups in total. The maximum absolute atomic E-state index is 6.11. The summed E-state index contributed by atoms with van der Waals surface area (Å²) < 4.78 is 5.26. The molecule has 1 saturated carbocycles. The van der Waals surface area contributed by atoms with Crippen molar-refractivity contribution in [1.29, 1.82) is 0 Å². The minimum atomic E-state index is 0.310. The van der Waals surface area contributed by atoms with Gasteiger partial charge in [0.15, 0.2) is 0 Å². The van der Waals surface area contributed by atoms with E-state index >= 15 is 0 Å². The first-order chi connectivity index (χ1) is 8.11. The summed E-state index contributed by atoms with van der Waals surface area (Å²) in [6.07, 6.45) is 3.93. The number of nitrogens with zero attached hydrogens (tertiary/aromatic N) is 2. The van der Waals surface area contributed by atoms with Gasteiger partial charge >= 0.3 is 0 Å². The highest BCUT2D eigenvalue weighted by Gasteiger charge is 2.30. The Labute approximate surface area is 107 Å². The van der Waals surface area contributed by atoms with Crippen LogP contribution in [0.25, 0.3) is 0 Å². The highest BCUT2D eigenvalue weighted by atomic mass is 35.5. The van der Waals surface area contributed by atoms with E-state index in [0.717, 1.165) is 24.2 Å². The molecule has 1 heterocycles. The molecule has 0 aromatic carbocycles. The fraction of sp³-hybridized carbons (Fsp3) is 0.667. The molecule has 0 aliphatic heterocycles. The van der Waals surface area contributed by atoms with Crippen LogP contribution in [0.15, 0.2) is 6.33 Å². The monoisotopic (exact) mass is 255 g/mol. The molecule has 1 aliphatic rings. The van der Waals surface area contributed by atoms with Crippen LogP contribution < -0.4 is 5.32 Å². The number of hydrogen-bond acceptors (Lipinski definition) is 4. The lowest BCUT2D eigenvalue weighted by molar-refractivity contribution is 0.0327. The molecule has 0 amide bonds. The minimum absolute atomic E-state index is 0.310. The number of hydrogen-bond donors (Lipinski definition) is 1. The second kappa shape index (κ2) is 5.19. The van der Waals surface area contributed by atoms with Crippen LogP contribution in [0.5, 0.6) is 0 Å². The van der Waals surface area contributed by atoms with E-state index in [1.807, 2.05) is 0 Å². The van der Waals surface area contributed by atoms with E-state index in [0.29, 0.717) is 23.2 Å². The highest BCUT2D eigenvalue weighted by molar-refractivity contribution is 6.30. The van der Waals surface area contributed by atoms with Gasteiger partial charge in [0.1, 0.15) is 17.3 Å². The quantitative estimate of drug-likeness (QED) is 0.841. The fourth-order valence-electron chi connectivity index (χ4n) is 2.07. The van der Waals surface area contributed by atoms with Gasteiger partial charge in [-0.25, -0.2) is 9.97 Å². The van der Waals surface area contributed by atoms with Crippen molar-refractivity contribution in [2.45, 2.75) is 44.8 Å². The number of halogens is 1. The summed E-state index contributed by atoms with van der Waals surface area (Å²) in [5, 5.41) is 3.96. The van der Waals surface area contributed by atoms with Gasteiger partial charge in [-0.1, -0.05) is 25.4 Å². The Bertz CT molecular complexity index is 391. The molecule has 94 valence electrons. The number of nitrogens with one attached hydrogen (secondary N) is 1. The van der Waals surface area contributed by atoms with Crippen LogP contribution in [-0.2, 0) is 4.74 Å². The third-order valence-corrected chi connectivity index (χ3v) is 3.48. The van der Waals surface area contributed by atoms with Gasteiger partial charge in [-0.3, -0.25) is 0 Å². The van der Waals surface area contributed by atoms with Crippen molar-refractivity contribution in [2.24, 2.45) is 0 Å². The maximum atomic E-state index is 6.11. The van der Waals surface area contributed by atoms with Crippen molar-refractivity contribution in [3.63, 3.8) is 0 Å². The second-order valence-corrected chi connectivity index (χ2v) is 5.11. The largest absolute Gasteiger partial charge is 0.381 e. The van der Waals surface area contributed by atoms with E-state index < -0.39 is 0 Å². The molecular formula is C12H18ClN3O. The van der Waals surface area contributed by atoms with E-state index in [2.05, 4.69) is 29.1 Å². The molecule has 4 nitrogen and oxygen atoms in total. The molecule has 1 fully saturated rings. The van der Waals surface area contributed by atoms with Crippen molar-refractivity contribution in [1.82, 2.24) is 9.97 Å². The topological polar surface area (TPSA) is 47.0 Å². The van der Waals surface area contributed by atoms with Crippen molar-refractivity contribution in [2.75, 3.05) is 12.4 Å². The summed E-state index contributed by atoms with van der Waals surface area (Å²) in [5.74, 6) is 1.17. The molecule has 1 aromatic heterocycles. The first-order valence-corrected chi connectivity index (χ1v) is 6.29. The van der Waals surface area contributed by atoms with Gasteiger partial charge < -0.3 is 10.1 Å². The number of methoxy groups -OCH3 is 1. The smallest absolute Gasteiger partial charge is 0.138 e. The van der Waals surface area contributed by atoms with Gasteiger partial charge in [-0.05, 0) is 18.8 Å². The van der Waals surface area contributed by atoms with Crippen molar-refractivity contribution in [3.05, 3.63) is 17.0 Å². The lowest BCUT2D eigenvalue weighted by Crippen LogP contribution is -2.40. The fourth-order valence-corrected chi connectivity index (χ4v) is 2.42. The summed E-state index contributed by atoms with van der Waals surface area (Å²) in [7, 11) is 1.75. The van der Waals surface area contributed by atoms with Crippen molar-refractivity contribution < 1.29 is 4.74 Å². The summed E-state index contributed by atoms with van der Waals surface area (Å²) in [6.45, 7) is 4.18. The standard InChI is InChI=1S/C12H18ClN3O/c1-7(2)10-11(13)14-6-15-12(10)16-8-4-9(5-8)17-3/h6-9H,4-5H2,1-3H3,(H,14,15,16). The van der Waals surface area contributed by atoms with Crippen LogP contribution in [0.3, 0.4) is 0 Å². The Hall–Kier alpha value is -0.870. The number of anilines is 1. The number of ether oxygens (including phenoxy) is 1. The van der Waals surface area contributed by atoms with E-state index in [4.69, 9.17) is 16.3 Å². The van der Waals surface area contributed by atoms with E-state index in [9.17, 15) is 0 Å². The SMILES string of the molecule is COC1CC(Nc2ncnc(Cl)c2C(C)C)C1. The predicted molar refractivity (Wildman–Crippen MR) is 68.6 cm³/mol. The molecular weight excluding hydrogens is 238 g/mol. The van der Waals surface area contributed by atoms with Crippen LogP contribution in [0.1, 0.15) is 38.2 Å². The summed E-state index contributed by atoms with van der Waals surface area (Å²) >= 11 is 6.11. The Morgan fingerprint density at radius 2 is 2.12 bits per heavy atom. The Kier molecular flexibility index (Phi) is 3.84. The average Bonchev–Trinajstić information content (AvgIpc) is 2.22. The van der Waals surface area contributed by atoms with Crippen LogP contribution in [-0.4, -0.2) is 29.2 Å². The van der Waals surface area contributed by atoms with Crippen LogP contribution in [0, 0.1) is 0 Å². The summed E-state index contributed by atoms with van der Waals surface area (Å²) in [4.78, 5) is 8.32. The normalized spacial score (nSPS) is 23.6. The van der Waals surface area contributed by atoms with Gasteiger partial charge in [0.25, 0.3) is 0 Å².